The molecule has 1 aliphatic rings. The van der Waals surface area contributed by atoms with E-state index in [-0.39, 0.29) is 12.0 Å². The summed E-state index contributed by atoms with van der Waals surface area (Å²) in [5, 5.41) is 7.73. The molecule has 0 spiro atoms. The molecule has 1 aromatic carbocycles. The van der Waals surface area contributed by atoms with Crippen LogP contribution in [0.15, 0.2) is 30.3 Å². The lowest BCUT2D eigenvalue weighted by Crippen LogP contribution is -2.32. The molecule has 0 saturated carbocycles. The highest BCUT2D eigenvalue weighted by molar-refractivity contribution is 5.96. The first-order valence-corrected chi connectivity index (χ1v) is 8.80. The largest absolute Gasteiger partial charge is 0.376 e. The van der Waals surface area contributed by atoms with Gasteiger partial charge in [-0.1, -0.05) is 32.0 Å². The van der Waals surface area contributed by atoms with Crippen LogP contribution in [0.25, 0.3) is 5.69 Å². The Balaban J connectivity index is 1.88. The van der Waals surface area contributed by atoms with Crippen molar-refractivity contribution in [3.8, 4) is 5.69 Å². The van der Waals surface area contributed by atoms with Gasteiger partial charge >= 0.3 is 0 Å². The number of aryl methyl sites for hydroxylation is 1. The molecule has 5 nitrogen and oxygen atoms in total. The van der Waals surface area contributed by atoms with Crippen LogP contribution in [-0.4, -0.2) is 34.9 Å². The maximum Gasteiger partial charge on any atom is 0.255 e. The van der Waals surface area contributed by atoms with E-state index in [1.807, 2.05) is 41.9 Å². The van der Waals surface area contributed by atoms with Crippen LogP contribution in [0.3, 0.4) is 0 Å². The zero-order chi connectivity index (χ0) is 16.9. The van der Waals surface area contributed by atoms with Gasteiger partial charge in [0.25, 0.3) is 5.91 Å². The van der Waals surface area contributed by atoms with E-state index in [2.05, 4.69) is 12.2 Å². The van der Waals surface area contributed by atoms with Gasteiger partial charge in [-0.05, 0) is 37.8 Å². The first-order valence-electron chi connectivity index (χ1n) is 8.80. The molecule has 2 heterocycles. The number of rotatable bonds is 6. The molecule has 1 fully saturated rings. The Labute approximate surface area is 143 Å². The van der Waals surface area contributed by atoms with Crippen molar-refractivity contribution < 1.29 is 9.53 Å². The van der Waals surface area contributed by atoms with Gasteiger partial charge in [-0.25, -0.2) is 4.68 Å². The molecule has 1 atom stereocenters. The number of carbonyl (C=O) groups excluding carboxylic acids is 1. The van der Waals surface area contributed by atoms with Crippen molar-refractivity contribution in [2.45, 2.75) is 45.6 Å². The molecule has 0 radical (unpaired) electrons. The highest BCUT2D eigenvalue weighted by Gasteiger charge is 2.24. The maximum atomic E-state index is 12.8. The Hall–Kier alpha value is -2.14. The van der Waals surface area contributed by atoms with Crippen LogP contribution in [0.4, 0.5) is 0 Å². The molecule has 1 saturated heterocycles. The predicted molar refractivity (Wildman–Crippen MR) is 93.6 cm³/mol. The second-order valence-corrected chi connectivity index (χ2v) is 6.07. The SMILES string of the molecule is CCc1nn(-c2ccccc2)c(CC)c1C(=O)NCC1CCCO1. The molecule has 2 aromatic rings. The molecule has 1 aliphatic heterocycles. The molecular formula is C19H25N3O2. The van der Waals surface area contributed by atoms with Gasteiger partial charge in [-0.2, -0.15) is 5.10 Å². The van der Waals surface area contributed by atoms with Crippen molar-refractivity contribution in [1.29, 1.82) is 0 Å². The lowest BCUT2D eigenvalue weighted by atomic mass is 10.1. The van der Waals surface area contributed by atoms with Crippen molar-refractivity contribution >= 4 is 5.91 Å². The molecule has 128 valence electrons. The summed E-state index contributed by atoms with van der Waals surface area (Å²) in [5.41, 5.74) is 3.52. The summed E-state index contributed by atoms with van der Waals surface area (Å²) >= 11 is 0. The van der Waals surface area contributed by atoms with Gasteiger partial charge in [0.1, 0.15) is 0 Å². The van der Waals surface area contributed by atoms with Crippen LogP contribution in [-0.2, 0) is 17.6 Å². The smallest absolute Gasteiger partial charge is 0.255 e. The van der Waals surface area contributed by atoms with Gasteiger partial charge in [-0.15, -0.1) is 0 Å². The van der Waals surface area contributed by atoms with Crippen molar-refractivity contribution in [2.75, 3.05) is 13.2 Å². The Kier molecular flexibility index (Phi) is 5.30. The zero-order valence-corrected chi connectivity index (χ0v) is 14.4. The normalized spacial score (nSPS) is 17.2. The van der Waals surface area contributed by atoms with Gasteiger partial charge < -0.3 is 10.1 Å². The van der Waals surface area contributed by atoms with Crippen molar-refractivity contribution in [3.63, 3.8) is 0 Å². The van der Waals surface area contributed by atoms with E-state index in [9.17, 15) is 4.79 Å². The number of benzene rings is 1. The molecule has 0 bridgehead atoms. The molecule has 24 heavy (non-hydrogen) atoms. The van der Waals surface area contributed by atoms with Crippen LogP contribution in [0.2, 0.25) is 0 Å². The summed E-state index contributed by atoms with van der Waals surface area (Å²) in [4.78, 5) is 12.8. The van der Waals surface area contributed by atoms with Crippen LogP contribution in [0, 0.1) is 0 Å². The zero-order valence-electron chi connectivity index (χ0n) is 14.4. The van der Waals surface area contributed by atoms with E-state index in [4.69, 9.17) is 9.84 Å². The minimum absolute atomic E-state index is 0.0404. The summed E-state index contributed by atoms with van der Waals surface area (Å²) in [6, 6.07) is 9.98. The van der Waals surface area contributed by atoms with Gasteiger partial charge in [-0.3, -0.25) is 4.79 Å². The van der Waals surface area contributed by atoms with Crippen LogP contribution in [0.5, 0.6) is 0 Å². The van der Waals surface area contributed by atoms with Crippen LogP contribution < -0.4 is 5.32 Å². The fraction of sp³-hybridized carbons (Fsp3) is 0.474. The average molecular weight is 327 g/mol. The fourth-order valence-corrected chi connectivity index (χ4v) is 3.22. The molecule has 1 aromatic heterocycles. The fourth-order valence-electron chi connectivity index (χ4n) is 3.22. The molecule has 1 unspecified atom stereocenters. The minimum Gasteiger partial charge on any atom is -0.376 e. The third-order valence-corrected chi connectivity index (χ3v) is 4.47. The lowest BCUT2D eigenvalue weighted by Gasteiger charge is -2.12. The third kappa shape index (κ3) is 3.36. The summed E-state index contributed by atoms with van der Waals surface area (Å²) < 4.78 is 7.49. The Morgan fingerprint density at radius 3 is 2.71 bits per heavy atom. The van der Waals surface area contributed by atoms with Crippen LogP contribution >= 0.6 is 0 Å². The summed E-state index contributed by atoms with van der Waals surface area (Å²) in [7, 11) is 0. The summed E-state index contributed by atoms with van der Waals surface area (Å²) in [6.45, 7) is 5.47. The number of amides is 1. The number of carbonyl (C=O) groups is 1. The number of hydrogen-bond donors (Lipinski definition) is 1. The molecule has 1 amide bonds. The van der Waals surface area contributed by atoms with Gasteiger partial charge in [0.05, 0.1) is 28.7 Å². The van der Waals surface area contributed by atoms with Crippen LogP contribution in [0.1, 0.15) is 48.4 Å². The molecular weight excluding hydrogens is 302 g/mol. The minimum atomic E-state index is -0.0404. The number of aromatic nitrogens is 2. The van der Waals surface area contributed by atoms with E-state index in [0.717, 1.165) is 54.9 Å². The molecule has 1 N–H and O–H groups in total. The monoisotopic (exact) mass is 327 g/mol. The van der Waals surface area contributed by atoms with E-state index >= 15 is 0 Å². The number of hydrogen-bond acceptors (Lipinski definition) is 3. The molecule has 0 aliphatic carbocycles. The van der Waals surface area contributed by atoms with Crippen molar-refractivity contribution in [2.24, 2.45) is 0 Å². The highest BCUT2D eigenvalue weighted by atomic mass is 16.5. The Morgan fingerprint density at radius 1 is 1.29 bits per heavy atom. The second-order valence-electron chi connectivity index (χ2n) is 6.07. The van der Waals surface area contributed by atoms with E-state index in [0.29, 0.717) is 6.54 Å². The van der Waals surface area contributed by atoms with Gasteiger partial charge in [0.2, 0.25) is 0 Å². The van der Waals surface area contributed by atoms with Gasteiger partial charge in [0.15, 0.2) is 0 Å². The first kappa shape index (κ1) is 16.7. The number of para-hydroxylation sites is 1. The van der Waals surface area contributed by atoms with Gasteiger partial charge in [0, 0.05) is 13.2 Å². The summed E-state index contributed by atoms with van der Waals surface area (Å²) in [5.74, 6) is -0.0404. The molecule has 3 rings (SSSR count). The van der Waals surface area contributed by atoms with Crippen molar-refractivity contribution in [3.05, 3.63) is 47.3 Å². The second kappa shape index (κ2) is 7.62. The third-order valence-electron chi connectivity index (χ3n) is 4.47. The lowest BCUT2D eigenvalue weighted by molar-refractivity contribution is 0.0856. The Bertz CT molecular complexity index is 688. The highest BCUT2D eigenvalue weighted by Crippen LogP contribution is 2.21. The van der Waals surface area contributed by atoms with E-state index in [1.165, 1.54) is 0 Å². The van der Waals surface area contributed by atoms with Crippen molar-refractivity contribution in [1.82, 2.24) is 15.1 Å². The number of nitrogens with zero attached hydrogens (tertiary/aromatic N) is 2. The van der Waals surface area contributed by atoms with E-state index in [1.54, 1.807) is 0 Å². The average Bonchev–Trinajstić information content (AvgIpc) is 3.27. The topological polar surface area (TPSA) is 56.2 Å². The molecule has 5 heteroatoms. The maximum absolute atomic E-state index is 12.8. The number of ether oxygens (including phenoxy) is 1. The Morgan fingerprint density at radius 2 is 2.08 bits per heavy atom. The van der Waals surface area contributed by atoms with E-state index < -0.39 is 0 Å². The first-order chi connectivity index (χ1) is 11.7. The predicted octanol–water partition coefficient (Wildman–Crippen LogP) is 2.91. The summed E-state index contributed by atoms with van der Waals surface area (Å²) in [6.07, 6.45) is 3.73. The quantitative estimate of drug-likeness (QED) is 0.887. The standard InChI is InChI=1S/C19H25N3O2/c1-3-16-18(19(23)20-13-15-11-8-12-24-15)17(4-2)22(21-16)14-9-6-5-7-10-14/h5-7,9-10,15H,3-4,8,11-13H2,1-2H3,(H,20,23). The number of nitrogens with one attached hydrogen (secondary N) is 1.